The summed E-state index contributed by atoms with van der Waals surface area (Å²) in [5.41, 5.74) is 0.765. The van der Waals surface area contributed by atoms with Crippen molar-refractivity contribution in [2.75, 3.05) is 40.5 Å². The minimum atomic E-state index is -0.901. The first-order valence-corrected chi connectivity index (χ1v) is 8.87. The topological polar surface area (TPSA) is 85.3 Å². The molecule has 1 aromatic rings. The average molecular weight is 363 g/mol. The molecule has 0 saturated carbocycles. The van der Waals surface area contributed by atoms with E-state index in [2.05, 4.69) is 0 Å². The van der Waals surface area contributed by atoms with Crippen molar-refractivity contribution < 1.29 is 28.9 Å². The highest BCUT2D eigenvalue weighted by atomic mass is 16.5. The molecule has 2 atom stereocenters. The molecule has 3 rings (SSSR count). The van der Waals surface area contributed by atoms with Crippen molar-refractivity contribution in [1.82, 2.24) is 4.90 Å². The molecule has 26 heavy (non-hydrogen) atoms. The lowest BCUT2D eigenvalue weighted by Crippen LogP contribution is -2.37. The number of rotatable bonds is 5. The third-order valence-corrected chi connectivity index (χ3v) is 5.35. The standard InChI is InChI=1S/C19H25NO6/c1-24-16-5-3-4-13(17(16)25-2)14-10-20(11-15(14)19(22)23)18(21)12-6-8-26-9-7-12/h3-5,12,14-15H,6-11H2,1-2H3,(H,22,23)/t14-,15+/m0/s1. The van der Waals surface area contributed by atoms with Gasteiger partial charge in [0, 0.05) is 43.7 Å². The molecular weight excluding hydrogens is 338 g/mol. The SMILES string of the molecule is COc1cccc([C@@H]2CN(C(=O)C3CCOCC3)C[C@H]2C(=O)O)c1OC. The number of nitrogens with zero attached hydrogens (tertiary/aromatic N) is 1. The van der Waals surface area contributed by atoms with E-state index >= 15 is 0 Å². The Balaban J connectivity index is 1.87. The second kappa shape index (κ2) is 7.95. The summed E-state index contributed by atoms with van der Waals surface area (Å²) < 4.78 is 16.1. The van der Waals surface area contributed by atoms with E-state index in [0.29, 0.717) is 44.1 Å². The first-order valence-electron chi connectivity index (χ1n) is 8.87. The zero-order valence-corrected chi connectivity index (χ0v) is 15.1. The largest absolute Gasteiger partial charge is 0.493 e. The fourth-order valence-corrected chi connectivity index (χ4v) is 3.96. The predicted octanol–water partition coefficient (Wildman–Crippen LogP) is 1.76. The van der Waals surface area contributed by atoms with Crippen molar-refractivity contribution in [2.45, 2.75) is 18.8 Å². The van der Waals surface area contributed by atoms with Crippen LogP contribution in [0, 0.1) is 11.8 Å². The molecule has 1 N–H and O–H groups in total. The van der Waals surface area contributed by atoms with E-state index in [1.165, 1.54) is 7.11 Å². The number of hydrogen-bond acceptors (Lipinski definition) is 5. The molecular formula is C19H25NO6. The van der Waals surface area contributed by atoms with Gasteiger partial charge < -0.3 is 24.2 Å². The molecule has 0 unspecified atom stereocenters. The molecule has 1 aromatic carbocycles. The molecule has 142 valence electrons. The van der Waals surface area contributed by atoms with Crippen LogP contribution in [0.5, 0.6) is 11.5 Å². The number of benzene rings is 1. The molecule has 2 aliphatic heterocycles. The summed E-state index contributed by atoms with van der Waals surface area (Å²) >= 11 is 0. The van der Waals surface area contributed by atoms with Crippen molar-refractivity contribution >= 4 is 11.9 Å². The first kappa shape index (κ1) is 18.5. The number of para-hydroxylation sites is 1. The third kappa shape index (κ3) is 3.49. The number of aliphatic carboxylic acids is 1. The molecule has 0 aromatic heterocycles. The fourth-order valence-electron chi connectivity index (χ4n) is 3.96. The minimum Gasteiger partial charge on any atom is -0.493 e. The number of carboxylic acid groups (broad SMARTS) is 1. The molecule has 2 heterocycles. The number of amides is 1. The maximum Gasteiger partial charge on any atom is 0.308 e. The summed E-state index contributed by atoms with van der Waals surface area (Å²) in [7, 11) is 3.09. The van der Waals surface area contributed by atoms with Crippen molar-refractivity contribution in [3.63, 3.8) is 0 Å². The lowest BCUT2D eigenvalue weighted by Gasteiger charge is -2.26. The maximum absolute atomic E-state index is 12.8. The summed E-state index contributed by atoms with van der Waals surface area (Å²) in [6, 6.07) is 5.45. The number of hydrogen-bond donors (Lipinski definition) is 1. The molecule has 0 spiro atoms. The van der Waals surface area contributed by atoms with Gasteiger partial charge in [-0.2, -0.15) is 0 Å². The molecule has 2 aliphatic rings. The van der Waals surface area contributed by atoms with Gasteiger partial charge in [-0.15, -0.1) is 0 Å². The van der Waals surface area contributed by atoms with Crippen LogP contribution in [-0.4, -0.2) is 62.4 Å². The Hall–Kier alpha value is -2.28. The quantitative estimate of drug-likeness (QED) is 0.858. The second-order valence-corrected chi connectivity index (χ2v) is 6.76. The van der Waals surface area contributed by atoms with Crippen LogP contribution in [0.2, 0.25) is 0 Å². The number of methoxy groups -OCH3 is 2. The van der Waals surface area contributed by atoms with Gasteiger partial charge in [0.2, 0.25) is 5.91 Å². The summed E-state index contributed by atoms with van der Waals surface area (Å²) in [6.07, 6.45) is 1.39. The monoisotopic (exact) mass is 363 g/mol. The number of carboxylic acids is 1. The van der Waals surface area contributed by atoms with Crippen LogP contribution in [0.4, 0.5) is 0 Å². The maximum atomic E-state index is 12.8. The van der Waals surface area contributed by atoms with Crippen LogP contribution in [0.25, 0.3) is 0 Å². The number of likely N-dealkylation sites (tertiary alicyclic amines) is 1. The van der Waals surface area contributed by atoms with Gasteiger partial charge >= 0.3 is 5.97 Å². The van der Waals surface area contributed by atoms with Crippen molar-refractivity contribution in [1.29, 1.82) is 0 Å². The lowest BCUT2D eigenvalue weighted by molar-refractivity contribution is -0.142. The highest BCUT2D eigenvalue weighted by molar-refractivity contribution is 5.81. The lowest BCUT2D eigenvalue weighted by atomic mass is 9.88. The Morgan fingerprint density at radius 2 is 1.88 bits per heavy atom. The first-order chi connectivity index (χ1) is 12.6. The Bertz CT molecular complexity index is 670. The predicted molar refractivity (Wildman–Crippen MR) is 93.5 cm³/mol. The normalized spacial score (nSPS) is 23.7. The molecule has 7 heteroatoms. The van der Waals surface area contributed by atoms with Gasteiger partial charge in [0.15, 0.2) is 11.5 Å². The zero-order valence-electron chi connectivity index (χ0n) is 15.1. The van der Waals surface area contributed by atoms with E-state index in [1.54, 1.807) is 18.1 Å². The molecule has 1 amide bonds. The Morgan fingerprint density at radius 1 is 1.15 bits per heavy atom. The van der Waals surface area contributed by atoms with Gasteiger partial charge in [-0.05, 0) is 18.9 Å². The molecule has 2 saturated heterocycles. The van der Waals surface area contributed by atoms with Crippen molar-refractivity contribution in [3.8, 4) is 11.5 Å². The highest BCUT2D eigenvalue weighted by Crippen LogP contribution is 2.42. The van der Waals surface area contributed by atoms with E-state index in [9.17, 15) is 14.7 Å². The van der Waals surface area contributed by atoms with Crippen molar-refractivity contribution in [3.05, 3.63) is 23.8 Å². The zero-order chi connectivity index (χ0) is 18.7. The average Bonchev–Trinajstić information content (AvgIpc) is 3.12. The van der Waals surface area contributed by atoms with Crippen LogP contribution < -0.4 is 9.47 Å². The minimum absolute atomic E-state index is 0.0314. The van der Waals surface area contributed by atoms with Crippen LogP contribution >= 0.6 is 0 Å². The molecule has 7 nitrogen and oxygen atoms in total. The van der Waals surface area contributed by atoms with Gasteiger partial charge in [-0.3, -0.25) is 9.59 Å². The second-order valence-electron chi connectivity index (χ2n) is 6.76. The molecule has 0 bridgehead atoms. The highest BCUT2D eigenvalue weighted by Gasteiger charge is 2.43. The van der Waals surface area contributed by atoms with Gasteiger partial charge in [0.25, 0.3) is 0 Å². The fraction of sp³-hybridized carbons (Fsp3) is 0.579. The van der Waals surface area contributed by atoms with Gasteiger partial charge in [0.05, 0.1) is 20.1 Å². The van der Waals surface area contributed by atoms with Crippen molar-refractivity contribution in [2.24, 2.45) is 11.8 Å². The van der Waals surface area contributed by atoms with Gasteiger partial charge in [-0.1, -0.05) is 12.1 Å². The van der Waals surface area contributed by atoms with E-state index in [0.717, 1.165) is 5.56 Å². The summed E-state index contributed by atoms with van der Waals surface area (Å²) in [5.74, 6) is -0.855. The van der Waals surface area contributed by atoms with E-state index in [4.69, 9.17) is 14.2 Å². The van der Waals surface area contributed by atoms with Gasteiger partial charge in [-0.25, -0.2) is 0 Å². The number of carbonyl (C=O) groups is 2. The van der Waals surface area contributed by atoms with Crippen LogP contribution in [0.15, 0.2) is 18.2 Å². The Morgan fingerprint density at radius 3 is 2.50 bits per heavy atom. The van der Waals surface area contributed by atoms with E-state index < -0.39 is 11.9 Å². The Labute approximate surface area is 152 Å². The molecule has 0 aliphatic carbocycles. The summed E-state index contributed by atoms with van der Waals surface area (Å²) in [6.45, 7) is 1.76. The van der Waals surface area contributed by atoms with E-state index in [-0.39, 0.29) is 24.3 Å². The Kier molecular flexibility index (Phi) is 5.66. The summed E-state index contributed by atoms with van der Waals surface area (Å²) in [5, 5.41) is 9.71. The number of ether oxygens (including phenoxy) is 3. The summed E-state index contributed by atoms with van der Waals surface area (Å²) in [4.78, 5) is 26.4. The van der Waals surface area contributed by atoms with Crippen LogP contribution in [0.1, 0.15) is 24.3 Å². The van der Waals surface area contributed by atoms with Crippen LogP contribution in [-0.2, 0) is 14.3 Å². The molecule has 2 fully saturated rings. The number of carbonyl (C=O) groups excluding carboxylic acids is 1. The third-order valence-electron chi connectivity index (χ3n) is 5.35. The van der Waals surface area contributed by atoms with E-state index in [1.807, 2.05) is 12.1 Å². The smallest absolute Gasteiger partial charge is 0.308 e. The molecule has 0 radical (unpaired) electrons. The van der Waals surface area contributed by atoms with Crippen LogP contribution in [0.3, 0.4) is 0 Å². The van der Waals surface area contributed by atoms with Gasteiger partial charge in [0.1, 0.15) is 0 Å².